The van der Waals surface area contributed by atoms with E-state index in [-0.39, 0.29) is 12.5 Å². The summed E-state index contributed by atoms with van der Waals surface area (Å²) in [4.78, 5) is 25.2. The van der Waals surface area contributed by atoms with E-state index in [0.29, 0.717) is 24.5 Å². The summed E-state index contributed by atoms with van der Waals surface area (Å²) < 4.78 is 5.57. The smallest absolute Gasteiger partial charge is 0.308 e. The number of benzene rings is 1. The van der Waals surface area contributed by atoms with Gasteiger partial charge in [0.25, 0.3) is 0 Å². The summed E-state index contributed by atoms with van der Waals surface area (Å²) in [6, 6.07) is 7.25. The highest BCUT2D eigenvalue weighted by atomic mass is 16.5. The number of nitrogens with zero attached hydrogens (tertiary/aromatic N) is 1. The van der Waals surface area contributed by atoms with Gasteiger partial charge in [-0.15, -0.1) is 0 Å². The molecule has 0 heterocycles. The molecule has 0 fully saturated rings. The van der Waals surface area contributed by atoms with E-state index in [0.717, 1.165) is 12.8 Å². The molecule has 5 heteroatoms. The molecule has 122 valence electrons. The van der Waals surface area contributed by atoms with Crippen molar-refractivity contribution in [1.29, 1.82) is 0 Å². The Morgan fingerprint density at radius 3 is 2.55 bits per heavy atom. The summed E-state index contributed by atoms with van der Waals surface area (Å²) in [6.07, 6.45) is 2.11. The number of carboxylic acids is 1. The highest BCUT2D eigenvalue weighted by Gasteiger charge is 2.23. The molecule has 0 saturated heterocycles. The van der Waals surface area contributed by atoms with Crippen molar-refractivity contribution >= 4 is 17.6 Å². The number of rotatable bonds is 9. The van der Waals surface area contributed by atoms with Crippen molar-refractivity contribution in [2.45, 2.75) is 40.0 Å². The van der Waals surface area contributed by atoms with E-state index in [9.17, 15) is 9.59 Å². The third kappa shape index (κ3) is 5.06. The van der Waals surface area contributed by atoms with Gasteiger partial charge in [0, 0.05) is 13.0 Å². The lowest BCUT2D eigenvalue weighted by Crippen LogP contribution is -2.37. The fourth-order valence-electron chi connectivity index (χ4n) is 2.11. The maximum atomic E-state index is 12.5. The number of hydrogen-bond donors (Lipinski definition) is 1. The van der Waals surface area contributed by atoms with Crippen molar-refractivity contribution < 1.29 is 19.4 Å². The van der Waals surface area contributed by atoms with Crippen LogP contribution < -0.4 is 9.64 Å². The summed E-state index contributed by atoms with van der Waals surface area (Å²) in [6.45, 7) is 6.13. The topological polar surface area (TPSA) is 66.8 Å². The van der Waals surface area contributed by atoms with Gasteiger partial charge in [-0.05, 0) is 25.5 Å². The molecule has 0 aromatic heterocycles. The number of amides is 1. The Kier molecular flexibility index (Phi) is 7.43. The van der Waals surface area contributed by atoms with E-state index in [1.165, 1.54) is 0 Å². The average molecular weight is 307 g/mol. The van der Waals surface area contributed by atoms with Crippen LogP contribution in [0.4, 0.5) is 5.69 Å². The highest BCUT2D eigenvalue weighted by molar-refractivity contribution is 5.95. The molecule has 0 aliphatic rings. The minimum atomic E-state index is -0.915. The van der Waals surface area contributed by atoms with Crippen LogP contribution in [0.1, 0.15) is 40.0 Å². The number of aliphatic carboxylic acids is 1. The quantitative estimate of drug-likeness (QED) is 0.760. The second kappa shape index (κ2) is 9.07. The van der Waals surface area contributed by atoms with Crippen molar-refractivity contribution in [3.63, 3.8) is 0 Å². The van der Waals surface area contributed by atoms with Gasteiger partial charge in [0.05, 0.1) is 18.2 Å². The zero-order valence-electron chi connectivity index (χ0n) is 13.5. The van der Waals surface area contributed by atoms with E-state index in [1.54, 1.807) is 24.0 Å². The molecule has 22 heavy (non-hydrogen) atoms. The van der Waals surface area contributed by atoms with Crippen LogP contribution in [0.2, 0.25) is 0 Å². The van der Waals surface area contributed by atoms with Crippen molar-refractivity contribution in [2.24, 2.45) is 5.92 Å². The molecule has 1 atom stereocenters. The first kappa shape index (κ1) is 18.0. The Morgan fingerprint density at radius 2 is 1.95 bits per heavy atom. The van der Waals surface area contributed by atoms with Gasteiger partial charge in [-0.25, -0.2) is 0 Å². The summed E-state index contributed by atoms with van der Waals surface area (Å²) in [5.41, 5.74) is 0.638. The van der Waals surface area contributed by atoms with Gasteiger partial charge in [0.1, 0.15) is 5.75 Å². The first-order chi connectivity index (χ1) is 10.5. The molecule has 1 amide bonds. The Bertz CT molecular complexity index is 501. The molecule has 1 N–H and O–H groups in total. The predicted octanol–water partition coefficient (Wildman–Crippen LogP) is 3.33. The molecule has 0 radical (unpaired) electrons. The van der Waals surface area contributed by atoms with Crippen LogP contribution in [0, 0.1) is 5.92 Å². The number of para-hydroxylation sites is 2. The lowest BCUT2D eigenvalue weighted by molar-refractivity contribution is -0.140. The largest absolute Gasteiger partial charge is 0.492 e. The van der Waals surface area contributed by atoms with E-state index in [1.807, 2.05) is 26.0 Å². The van der Waals surface area contributed by atoms with Crippen molar-refractivity contribution in [3.05, 3.63) is 24.3 Å². The number of hydrogen-bond acceptors (Lipinski definition) is 3. The first-order valence-electron chi connectivity index (χ1n) is 7.76. The Balaban J connectivity index is 3.08. The van der Waals surface area contributed by atoms with E-state index in [2.05, 4.69) is 0 Å². The second-order valence-electron chi connectivity index (χ2n) is 5.25. The number of anilines is 1. The number of carboxylic acid groups (broad SMARTS) is 1. The standard InChI is InChI=1S/C17H25NO4/c1-4-6-11-16(19)18(12-13(3)17(20)21)14-9-7-8-10-15(14)22-5-2/h7-10,13H,4-6,11-12H2,1-3H3,(H,20,21). The van der Waals surface area contributed by atoms with Gasteiger partial charge in [0.15, 0.2) is 0 Å². The highest BCUT2D eigenvalue weighted by Crippen LogP contribution is 2.29. The van der Waals surface area contributed by atoms with Crippen molar-refractivity contribution in [2.75, 3.05) is 18.1 Å². The molecule has 0 spiro atoms. The monoisotopic (exact) mass is 307 g/mol. The second-order valence-corrected chi connectivity index (χ2v) is 5.25. The lowest BCUT2D eigenvalue weighted by Gasteiger charge is -2.26. The zero-order valence-corrected chi connectivity index (χ0v) is 13.5. The average Bonchev–Trinajstić information content (AvgIpc) is 2.51. The Labute approximate surface area is 131 Å². The van der Waals surface area contributed by atoms with Crippen LogP contribution >= 0.6 is 0 Å². The summed E-state index contributed by atoms with van der Waals surface area (Å²) in [5, 5.41) is 9.14. The molecule has 1 rings (SSSR count). The zero-order chi connectivity index (χ0) is 16.5. The number of carbonyl (C=O) groups is 2. The molecule has 0 aliphatic heterocycles. The van der Waals surface area contributed by atoms with Gasteiger partial charge in [-0.3, -0.25) is 9.59 Å². The van der Waals surface area contributed by atoms with Gasteiger partial charge >= 0.3 is 5.97 Å². The minimum Gasteiger partial charge on any atom is -0.492 e. The molecule has 0 aliphatic carbocycles. The Morgan fingerprint density at radius 1 is 1.27 bits per heavy atom. The van der Waals surface area contributed by atoms with Crippen LogP contribution in [-0.2, 0) is 9.59 Å². The molecule has 1 aromatic carbocycles. The van der Waals surface area contributed by atoms with Crippen LogP contribution in [0.25, 0.3) is 0 Å². The first-order valence-corrected chi connectivity index (χ1v) is 7.76. The predicted molar refractivity (Wildman–Crippen MR) is 86.3 cm³/mol. The number of ether oxygens (including phenoxy) is 1. The molecule has 1 aromatic rings. The molecule has 0 saturated carbocycles. The molecule has 0 bridgehead atoms. The van der Waals surface area contributed by atoms with Crippen LogP contribution in [0.5, 0.6) is 5.75 Å². The third-order valence-corrected chi connectivity index (χ3v) is 3.38. The molecular formula is C17H25NO4. The van der Waals surface area contributed by atoms with E-state index < -0.39 is 11.9 Å². The van der Waals surface area contributed by atoms with E-state index >= 15 is 0 Å². The molecule has 5 nitrogen and oxygen atoms in total. The minimum absolute atomic E-state index is 0.0675. The SMILES string of the molecule is CCCCC(=O)N(CC(C)C(=O)O)c1ccccc1OCC. The van der Waals surface area contributed by atoms with Crippen molar-refractivity contribution in [1.82, 2.24) is 0 Å². The third-order valence-electron chi connectivity index (χ3n) is 3.38. The number of carbonyl (C=O) groups excluding carboxylic acids is 1. The Hall–Kier alpha value is -2.04. The van der Waals surface area contributed by atoms with Crippen molar-refractivity contribution in [3.8, 4) is 5.75 Å². The van der Waals surface area contributed by atoms with Crippen LogP contribution in [-0.4, -0.2) is 30.1 Å². The van der Waals surface area contributed by atoms with Gasteiger partial charge < -0.3 is 14.7 Å². The fourth-order valence-corrected chi connectivity index (χ4v) is 2.11. The van der Waals surface area contributed by atoms with Gasteiger partial charge in [-0.2, -0.15) is 0 Å². The summed E-state index contributed by atoms with van der Waals surface area (Å²) >= 11 is 0. The van der Waals surface area contributed by atoms with E-state index in [4.69, 9.17) is 9.84 Å². The molecular weight excluding hydrogens is 282 g/mol. The lowest BCUT2D eigenvalue weighted by atomic mass is 10.1. The van der Waals surface area contributed by atoms with Crippen LogP contribution in [0.3, 0.4) is 0 Å². The normalized spacial score (nSPS) is 11.8. The van der Waals surface area contributed by atoms with Gasteiger partial charge in [0.2, 0.25) is 5.91 Å². The summed E-state index contributed by atoms with van der Waals surface area (Å²) in [5.74, 6) is -1.02. The fraction of sp³-hybridized carbons (Fsp3) is 0.529. The summed E-state index contributed by atoms with van der Waals surface area (Å²) in [7, 11) is 0. The molecule has 1 unspecified atom stereocenters. The maximum absolute atomic E-state index is 12.5. The van der Waals surface area contributed by atoms with Gasteiger partial charge in [-0.1, -0.05) is 32.4 Å². The number of unbranched alkanes of at least 4 members (excludes halogenated alkanes) is 1. The maximum Gasteiger partial charge on any atom is 0.308 e. The van der Waals surface area contributed by atoms with Crippen LogP contribution in [0.15, 0.2) is 24.3 Å².